The Morgan fingerprint density at radius 1 is 1.23 bits per heavy atom. The molecule has 1 aliphatic rings. The monoisotopic (exact) mass is 353 g/mol. The highest BCUT2D eigenvalue weighted by Crippen LogP contribution is 2.22. The maximum absolute atomic E-state index is 12.9. The van der Waals surface area contributed by atoms with Gasteiger partial charge in [-0.25, -0.2) is 9.97 Å². The number of nitrogens with one attached hydrogen (secondary N) is 1. The van der Waals surface area contributed by atoms with E-state index in [9.17, 15) is 4.79 Å². The smallest absolute Gasteiger partial charge is 0.251 e. The predicted molar refractivity (Wildman–Crippen MR) is 103 cm³/mol. The molecule has 0 aliphatic carbocycles. The van der Waals surface area contributed by atoms with Gasteiger partial charge in [0.25, 0.3) is 5.91 Å². The lowest BCUT2D eigenvalue weighted by Gasteiger charge is -2.23. The zero-order valence-electron chi connectivity index (χ0n) is 15.9. The van der Waals surface area contributed by atoms with E-state index in [1.807, 2.05) is 38.1 Å². The van der Waals surface area contributed by atoms with Gasteiger partial charge in [-0.3, -0.25) is 4.79 Å². The zero-order valence-corrected chi connectivity index (χ0v) is 15.9. The second kappa shape index (κ2) is 7.83. The van der Waals surface area contributed by atoms with Gasteiger partial charge in [-0.05, 0) is 45.6 Å². The molecule has 138 valence electrons. The summed E-state index contributed by atoms with van der Waals surface area (Å²) >= 11 is 0. The van der Waals surface area contributed by atoms with Gasteiger partial charge in [0.2, 0.25) is 5.95 Å². The minimum absolute atomic E-state index is 0.00390. The lowest BCUT2D eigenvalue weighted by Crippen LogP contribution is -2.43. The number of carbonyl (C=O) groups is 1. The zero-order chi connectivity index (χ0) is 18.7. The summed E-state index contributed by atoms with van der Waals surface area (Å²) < 4.78 is 0. The predicted octanol–water partition coefficient (Wildman–Crippen LogP) is 1.89. The van der Waals surface area contributed by atoms with Crippen molar-refractivity contribution < 1.29 is 4.79 Å². The second-order valence-corrected chi connectivity index (χ2v) is 7.37. The molecule has 6 heteroatoms. The molecular formula is C20H27N5O. The van der Waals surface area contributed by atoms with Crippen molar-refractivity contribution in [1.82, 2.24) is 20.2 Å². The van der Waals surface area contributed by atoms with Gasteiger partial charge in [0.05, 0.1) is 6.04 Å². The average Bonchev–Trinajstić information content (AvgIpc) is 2.99. The summed E-state index contributed by atoms with van der Waals surface area (Å²) in [7, 11) is 4.12. The fourth-order valence-corrected chi connectivity index (χ4v) is 3.53. The molecule has 1 fully saturated rings. The molecule has 2 aromatic rings. The third-order valence-corrected chi connectivity index (χ3v) is 4.83. The van der Waals surface area contributed by atoms with Crippen LogP contribution in [0.4, 0.5) is 5.95 Å². The van der Waals surface area contributed by atoms with E-state index in [0.717, 1.165) is 42.3 Å². The third-order valence-electron chi connectivity index (χ3n) is 4.83. The fourth-order valence-electron chi connectivity index (χ4n) is 3.53. The first kappa shape index (κ1) is 18.3. The molecule has 6 nitrogen and oxygen atoms in total. The van der Waals surface area contributed by atoms with Crippen LogP contribution in [0.1, 0.15) is 21.5 Å². The van der Waals surface area contributed by atoms with E-state index in [2.05, 4.69) is 39.2 Å². The van der Waals surface area contributed by atoms with Crippen LogP contribution in [0.3, 0.4) is 0 Å². The summed E-state index contributed by atoms with van der Waals surface area (Å²) in [5, 5.41) is 3.26. The van der Waals surface area contributed by atoms with Gasteiger partial charge < -0.3 is 15.1 Å². The van der Waals surface area contributed by atoms with E-state index in [4.69, 9.17) is 0 Å². The largest absolute Gasteiger partial charge is 0.347 e. The van der Waals surface area contributed by atoms with Crippen molar-refractivity contribution in [3.05, 3.63) is 53.3 Å². The van der Waals surface area contributed by atoms with Crippen LogP contribution in [0.2, 0.25) is 0 Å². The van der Waals surface area contributed by atoms with Crippen molar-refractivity contribution in [2.45, 2.75) is 19.9 Å². The van der Waals surface area contributed by atoms with Crippen LogP contribution >= 0.6 is 0 Å². The minimum atomic E-state index is -0.00390. The molecule has 1 N–H and O–H groups in total. The highest BCUT2D eigenvalue weighted by atomic mass is 16.1. The van der Waals surface area contributed by atoms with Gasteiger partial charge in [-0.2, -0.15) is 0 Å². The first-order valence-electron chi connectivity index (χ1n) is 8.99. The average molecular weight is 353 g/mol. The quantitative estimate of drug-likeness (QED) is 0.889. The highest BCUT2D eigenvalue weighted by molar-refractivity contribution is 5.96. The molecule has 1 amide bonds. The number of hydrogen-bond acceptors (Lipinski definition) is 5. The van der Waals surface area contributed by atoms with Crippen molar-refractivity contribution in [2.75, 3.05) is 38.6 Å². The SMILES string of the molecule is Cc1ccc(C)c(C(=O)N[C@@H]2CN(c3ncccn3)C[C@H]2CN(C)C)c1. The highest BCUT2D eigenvalue weighted by Gasteiger charge is 2.35. The number of rotatable bonds is 5. The van der Waals surface area contributed by atoms with E-state index >= 15 is 0 Å². The molecule has 0 bridgehead atoms. The number of benzene rings is 1. The van der Waals surface area contributed by atoms with Gasteiger partial charge in [-0.15, -0.1) is 0 Å². The number of aryl methyl sites for hydroxylation is 2. The normalized spacial score (nSPS) is 19.8. The number of carbonyl (C=O) groups excluding carboxylic acids is 1. The van der Waals surface area contributed by atoms with Crippen LogP contribution in [-0.2, 0) is 0 Å². The standard InChI is InChI=1S/C20H27N5O/c1-14-6-7-15(2)17(10-14)19(26)23-18-13-25(12-16(18)11-24(3)4)20-21-8-5-9-22-20/h5-10,16,18H,11-13H2,1-4H3,(H,23,26)/t16-,18-/m1/s1. The number of aromatic nitrogens is 2. The Hall–Kier alpha value is -2.47. The lowest BCUT2D eigenvalue weighted by atomic mass is 10.0. The summed E-state index contributed by atoms with van der Waals surface area (Å²) in [4.78, 5) is 25.9. The summed E-state index contributed by atoms with van der Waals surface area (Å²) in [6.45, 7) is 6.44. The lowest BCUT2D eigenvalue weighted by molar-refractivity contribution is 0.0927. The molecule has 2 heterocycles. The number of amides is 1. The maximum atomic E-state index is 12.9. The molecule has 26 heavy (non-hydrogen) atoms. The van der Waals surface area contributed by atoms with E-state index < -0.39 is 0 Å². The third kappa shape index (κ3) is 4.19. The van der Waals surface area contributed by atoms with Crippen molar-refractivity contribution in [3.8, 4) is 0 Å². The molecule has 1 aromatic heterocycles. The van der Waals surface area contributed by atoms with Crippen molar-refractivity contribution in [2.24, 2.45) is 5.92 Å². The minimum Gasteiger partial charge on any atom is -0.347 e. The van der Waals surface area contributed by atoms with Gasteiger partial charge in [-0.1, -0.05) is 17.7 Å². The molecular weight excluding hydrogens is 326 g/mol. The first-order chi connectivity index (χ1) is 12.4. The maximum Gasteiger partial charge on any atom is 0.251 e. The molecule has 0 unspecified atom stereocenters. The first-order valence-corrected chi connectivity index (χ1v) is 8.99. The van der Waals surface area contributed by atoms with Crippen LogP contribution < -0.4 is 10.2 Å². The molecule has 1 aliphatic heterocycles. The molecule has 0 radical (unpaired) electrons. The number of hydrogen-bond donors (Lipinski definition) is 1. The van der Waals surface area contributed by atoms with Gasteiger partial charge in [0, 0.05) is 43.5 Å². The number of nitrogens with zero attached hydrogens (tertiary/aromatic N) is 4. The Morgan fingerprint density at radius 3 is 2.65 bits per heavy atom. The van der Waals surface area contributed by atoms with Crippen LogP contribution in [-0.4, -0.2) is 60.5 Å². The molecule has 2 atom stereocenters. The van der Waals surface area contributed by atoms with Crippen LogP contribution in [0, 0.1) is 19.8 Å². The Balaban J connectivity index is 1.77. The topological polar surface area (TPSA) is 61.4 Å². The van der Waals surface area contributed by atoms with Crippen molar-refractivity contribution in [3.63, 3.8) is 0 Å². The molecule has 0 saturated carbocycles. The van der Waals surface area contributed by atoms with Gasteiger partial charge >= 0.3 is 0 Å². The Labute approximate surface area is 155 Å². The van der Waals surface area contributed by atoms with E-state index in [1.165, 1.54) is 0 Å². The van der Waals surface area contributed by atoms with Crippen molar-refractivity contribution in [1.29, 1.82) is 0 Å². The van der Waals surface area contributed by atoms with Crippen LogP contribution in [0.5, 0.6) is 0 Å². The van der Waals surface area contributed by atoms with E-state index in [0.29, 0.717) is 5.92 Å². The van der Waals surface area contributed by atoms with E-state index in [-0.39, 0.29) is 11.9 Å². The fraction of sp³-hybridized carbons (Fsp3) is 0.450. The molecule has 1 saturated heterocycles. The summed E-state index contributed by atoms with van der Waals surface area (Å²) in [6, 6.07) is 7.87. The van der Waals surface area contributed by atoms with E-state index in [1.54, 1.807) is 12.4 Å². The van der Waals surface area contributed by atoms with Gasteiger partial charge in [0.15, 0.2) is 0 Å². The summed E-state index contributed by atoms with van der Waals surface area (Å²) in [5.41, 5.74) is 2.85. The van der Waals surface area contributed by atoms with Crippen LogP contribution in [0.25, 0.3) is 0 Å². The Morgan fingerprint density at radius 2 is 1.96 bits per heavy atom. The molecule has 1 aromatic carbocycles. The number of anilines is 1. The second-order valence-electron chi connectivity index (χ2n) is 7.37. The van der Waals surface area contributed by atoms with Crippen molar-refractivity contribution >= 4 is 11.9 Å². The van der Waals surface area contributed by atoms with Gasteiger partial charge in [0.1, 0.15) is 0 Å². The summed E-state index contributed by atoms with van der Waals surface area (Å²) in [5.74, 6) is 1.04. The van der Waals surface area contributed by atoms with Crippen LogP contribution in [0.15, 0.2) is 36.7 Å². The molecule has 0 spiro atoms. The Bertz CT molecular complexity index is 762. The molecule has 3 rings (SSSR count). The Kier molecular flexibility index (Phi) is 5.52. The summed E-state index contributed by atoms with van der Waals surface area (Å²) in [6.07, 6.45) is 3.51.